The number of carboxylic acids is 1. The third kappa shape index (κ3) is 3.51. The van der Waals surface area contributed by atoms with Crippen molar-refractivity contribution in [2.24, 2.45) is 0 Å². The molecule has 0 saturated carbocycles. The fourth-order valence-electron chi connectivity index (χ4n) is 1.29. The summed E-state index contributed by atoms with van der Waals surface area (Å²) < 4.78 is 37.3. The van der Waals surface area contributed by atoms with E-state index in [1.54, 1.807) is 6.08 Å². The number of alkyl halides is 3. The van der Waals surface area contributed by atoms with Gasteiger partial charge in [0.05, 0.1) is 16.8 Å². The standard InChI is InChI=1S/C12H12F3NO2/c1-2-3-6-16-10-5-4-8(12(13,14)15)7-9(10)11(17)18/h3-7,16H,2H2,1H3,(H,17,18). The van der Waals surface area contributed by atoms with Crippen LogP contribution in [0.1, 0.15) is 29.3 Å². The lowest BCUT2D eigenvalue weighted by molar-refractivity contribution is -0.137. The van der Waals surface area contributed by atoms with Crippen molar-refractivity contribution in [2.75, 3.05) is 5.32 Å². The lowest BCUT2D eigenvalue weighted by Crippen LogP contribution is -2.09. The Morgan fingerprint density at radius 1 is 1.44 bits per heavy atom. The van der Waals surface area contributed by atoms with E-state index in [4.69, 9.17) is 5.11 Å². The molecule has 1 aromatic rings. The maximum atomic E-state index is 12.4. The highest BCUT2D eigenvalue weighted by Crippen LogP contribution is 2.31. The van der Waals surface area contributed by atoms with Crippen LogP contribution in [0.25, 0.3) is 0 Å². The van der Waals surface area contributed by atoms with E-state index in [1.807, 2.05) is 6.92 Å². The van der Waals surface area contributed by atoms with Crippen LogP contribution in [0.2, 0.25) is 0 Å². The third-order valence-corrected chi connectivity index (χ3v) is 2.17. The summed E-state index contributed by atoms with van der Waals surface area (Å²) >= 11 is 0. The summed E-state index contributed by atoms with van der Waals surface area (Å²) in [5.74, 6) is -1.41. The molecule has 1 aromatic carbocycles. The zero-order valence-corrected chi connectivity index (χ0v) is 9.58. The van der Waals surface area contributed by atoms with E-state index in [9.17, 15) is 18.0 Å². The van der Waals surface area contributed by atoms with Crippen LogP contribution >= 0.6 is 0 Å². The maximum Gasteiger partial charge on any atom is 0.416 e. The van der Waals surface area contributed by atoms with E-state index in [0.29, 0.717) is 6.07 Å². The van der Waals surface area contributed by atoms with E-state index in [1.165, 1.54) is 6.20 Å². The molecule has 1 rings (SSSR count). The minimum Gasteiger partial charge on any atom is -0.478 e. The number of carbonyl (C=O) groups is 1. The number of aromatic carboxylic acids is 1. The Hall–Kier alpha value is -1.98. The van der Waals surface area contributed by atoms with Crippen LogP contribution in [0.5, 0.6) is 0 Å². The Balaban J connectivity index is 3.13. The maximum absolute atomic E-state index is 12.4. The van der Waals surface area contributed by atoms with Gasteiger partial charge in [-0.15, -0.1) is 0 Å². The van der Waals surface area contributed by atoms with Crippen molar-refractivity contribution >= 4 is 11.7 Å². The first-order chi connectivity index (χ1) is 8.36. The summed E-state index contributed by atoms with van der Waals surface area (Å²) in [5.41, 5.74) is -1.27. The molecule has 0 aliphatic heterocycles. The molecule has 0 unspecified atom stereocenters. The third-order valence-electron chi connectivity index (χ3n) is 2.17. The number of allylic oxidation sites excluding steroid dienone is 1. The number of hydrogen-bond acceptors (Lipinski definition) is 2. The van der Waals surface area contributed by atoms with Crippen molar-refractivity contribution in [3.8, 4) is 0 Å². The SMILES string of the molecule is CCC=CNc1ccc(C(F)(F)F)cc1C(=O)O. The smallest absolute Gasteiger partial charge is 0.416 e. The van der Waals surface area contributed by atoms with Crippen molar-refractivity contribution in [3.05, 3.63) is 41.6 Å². The highest BCUT2D eigenvalue weighted by atomic mass is 19.4. The van der Waals surface area contributed by atoms with Gasteiger partial charge in [-0.2, -0.15) is 13.2 Å². The van der Waals surface area contributed by atoms with E-state index in [2.05, 4.69) is 5.32 Å². The lowest BCUT2D eigenvalue weighted by atomic mass is 10.1. The molecule has 6 heteroatoms. The molecule has 0 radical (unpaired) electrons. The van der Waals surface area contributed by atoms with Crippen LogP contribution in [0.15, 0.2) is 30.5 Å². The molecule has 0 saturated heterocycles. The molecule has 0 aliphatic rings. The van der Waals surface area contributed by atoms with Gasteiger partial charge in [0.1, 0.15) is 0 Å². The van der Waals surface area contributed by atoms with E-state index in [0.717, 1.165) is 18.6 Å². The van der Waals surface area contributed by atoms with Crippen LogP contribution in [0.3, 0.4) is 0 Å². The van der Waals surface area contributed by atoms with Gasteiger partial charge in [0.15, 0.2) is 0 Å². The molecule has 2 N–H and O–H groups in total. The predicted molar refractivity (Wildman–Crippen MR) is 61.5 cm³/mol. The van der Waals surface area contributed by atoms with Gasteiger partial charge in [-0.05, 0) is 30.8 Å². The molecule has 98 valence electrons. The number of anilines is 1. The van der Waals surface area contributed by atoms with Gasteiger partial charge in [0.25, 0.3) is 0 Å². The van der Waals surface area contributed by atoms with Gasteiger partial charge >= 0.3 is 12.1 Å². The predicted octanol–water partition coefficient (Wildman–Crippen LogP) is 3.74. The van der Waals surface area contributed by atoms with E-state index in [-0.39, 0.29) is 5.69 Å². The van der Waals surface area contributed by atoms with Crippen molar-refractivity contribution in [1.29, 1.82) is 0 Å². The number of nitrogens with one attached hydrogen (secondary N) is 1. The molecule has 0 aliphatic carbocycles. The summed E-state index contributed by atoms with van der Waals surface area (Å²) in [7, 11) is 0. The van der Waals surface area contributed by atoms with Gasteiger partial charge in [0, 0.05) is 0 Å². The monoisotopic (exact) mass is 259 g/mol. The average Bonchev–Trinajstić information content (AvgIpc) is 2.28. The highest BCUT2D eigenvalue weighted by Gasteiger charge is 2.31. The van der Waals surface area contributed by atoms with Gasteiger partial charge in [0.2, 0.25) is 0 Å². The lowest BCUT2D eigenvalue weighted by Gasteiger charge is -2.11. The molecule has 0 amide bonds. The molecule has 0 fully saturated rings. The second-order valence-electron chi connectivity index (χ2n) is 3.52. The molecule has 0 atom stereocenters. The number of hydrogen-bond donors (Lipinski definition) is 2. The van der Waals surface area contributed by atoms with Crippen LogP contribution in [0.4, 0.5) is 18.9 Å². The number of benzene rings is 1. The fraction of sp³-hybridized carbons (Fsp3) is 0.250. The van der Waals surface area contributed by atoms with Crippen LogP contribution in [-0.4, -0.2) is 11.1 Å². The van der Waals surface area contributed by atoms with Gasteiger partial charge < -0.3 is 10.4 Å². The summed E-state index contributed by atoms with van der Waals surface area (Å²) in [5, 5.41) is 11.5. The quantitative estimate of drug-likeness (QED) is 0.866. The first-order valence-corrected chi connectivity index (χ1v) is 5.22. The molecule has 0 spiro atoms. The number of halogens is 3. The Morgan fingerprint density at radius 3 is 2.61 bits per heavy atom. The Morgan fingerprint density at radius 2 is 2.11 bits per heavy atom. The summed E-state index contributed by atoms with van der Waals surface area (Å²) in [6.45, 7) is 1.88. The zero-order chi connectivity index (χ0) is 13.8. The minimum atomic E-state index is -4.55. The van der Waals surface area contributed by atoms with Crippen LogP contribution in [-0.2, 0) is 6.18 Å². The molecular formula is C12H12F3NO2. The second kappa shape index (κ2) is 5.57. The van der Waals surface area contributed by atoms with E-state index >= 15 is 0 Å². The summed E-state index contributed by atoms with van der Waals surface area (Å²) in [4.78, 5) is 10.9. The summed E-state index contributed by atoms with van der Waals surface area (Å²) in [6.07, 6.45) is -0.601. The first kappa shape index (κ1) is 14.1. The topological polar surface area (TPSA) is 49.3 Å². The first-order valence-electron chi connectivity index (χ1n) is 5.22. The average molecular weight is 259 g/mol. The van der Waals surface area contributed by atoms with Crippen molar-refractivity contribution in [3.63, 3.8) is 0 Å². The van der Waals surface area contributed by atoms with Crippen LogP contribution in [0, 0.1) is 0 Å². The molecule has 18 heavy (non-hydrogen) atoms. The number of rotatable bonds is 4. The molecule has 0 aromatic heterocycles. The summed E-state index contributed by atoms with van der Waals surface area (Å²) in [6, 6.07) is 2.56. The van der Waals surface area contributed by atoms with Gasteiger partial charge in [-0.25, -0.2) is 4.79 Å². The van der Waals surface area contributed by atoms with E-state index < -0.39 is 23.3 Å². The van der Waals surface area contributed by atoms with Crippen molar-refractivity contribution in [1.82, 2.24) is 0 Å². The minimum absolute atomic E-state index is 0.125. The zero-order valence-electron chi connectivity index (χ0n) is 9.58. The Kier molecular flexibility index (Phi) is 4.36. The van der Waals surface area contributed by atoms with Crippen molar-refractivity contribution in [2.45, 2.75) is 19.5 Å². The second-order valence-corrected chi connectivity index (χ2v) is 3.52. The van der Waals surface area contributed by atoms with Crippen LogP contribution < -0.4 is 5.32 Å². The molecule has 3 nitrogen and oxygen atoms in total. The van der Waals surface area contributed by atoms with Crippen molar-refractivity contribution < 1.29 is 23.1 Å². The number of carboxylic acid groups (broad SMARTS) is 1. The largest absolute Gasteiger partial charge is 0.478 e. The molecule has 0 bridgehead atoms. The Bertz CT molecular complexity index is 467. The molecule has 0 heterocycles. The fourth-order valence-corrected chi connectivity index (χ4v) is 1.29. The molecular weight excluding hydrogens is 247 g/mol. The Labute approximate surface area is 102 Å². The van der Waals surface area contributed by atoms with Gasteiger partial charge in [-0.1, -0.05) is 13.0 Å². The highest BCUT2D eigenvalue weighted by molar-refractivity contribution is 5.94. The van der Waals surface area contributed by atoms with Gasteiger partial charge in [-0.3, -0.25) is 0 Å². The normalized spacial score (nSPS) is 11.8.